The van der Waals surface area contributed by atoms with Crippen molar-refractivity contribution >= 4 is 0 Å². The van der Waals surface area contributed by atoms with Crippen LogP contribution in [0.1, 0.15) is 24.8 Å². The van der Waals surface area contributed by atoms with Crippen molar-refractivity contribution in [3.63, 3.8) is 0 Å². The normalized spacial score (nSPS) is 19.1. The smallest absolute Gasteiger partial charge is 0.159 e. The summed E-state index contributed by atoms with van der Waals surface area (Å²) in [5.74, 6) is -1.66. The summed E-state index contributed by atoms with van der Waals surface area (Å²) in [7, 11) is 0. The zero-order valence-corrected chi connectivity index (χ0v) is 7.76. The van der Waals surface area contributed by atoms with Gasteiger partial charge in [0.1, 0.15) is 0 Å². The van der Waals surface area contributed by atoms with E-state index in [0.717, 1.165) is 25.3 Å². The van der Waals surface area contributed by atoms with Gasteiger partial charge in [0.25, 0.3) is 0 Å². The van der Waals surface area contributed by atoms with Gasteiger partial charge in [0.2, 0.25) is 0 Å². The largest absolute Gasteiger partial charge is 0.395 e. The predicted molar refractivity (Wildman–Crippen MR) is 49.0 cm³/mol. The average Bonchev–Trinajstić information content (AvgIpc) is 2.10. The Morgan fingerprint density at radius 2 is 1.93 bits per heavy atom. The molecule has 0 aliphatic heterocycles. The van der Waals surface area contributed by atoms with E-state index in [1.165, 1.54) is 6.07 Å². The zero-order chi connectivity index (χ0) is 10.2. The summed E-state index contributed by atoms with van der Waals surface area (Å²) in [5.41, 5.74) is 0.402. The molecule has 1 saturated carbocycles. The van der Waals surface area contributed by atoms with Crippen LogP contribution in [0, 0.1) is 11.6 Å². The molecule has 0 unspecified atom stereocenters. The highest BCUT2D eigenvalue weighted by Crippen LogP contribution is 2.43. The topological polar surface area (TPSA) is 20.2 Å². The second-order valence-electron chi connectivity index (χ2n) is 3.92. The monoisotopic (exact) mass is 198 g/mol. The third-order valence-electron chi connectivity index (χ3n) is 3.15. The molecule has 1 aliphatic rings. The van der Waals surface area contributed by atoms with Gasteiger partial charge in [-0.2, -0.15) is 0 Å². The van der Waals surface area contributed by atoms with Gasteiger partial charge < -0.3 is 5.11 Å². The van der Waals surface area contributed by atoms with E-state index in [1.807, 2.05) is 0 Å². The van der Waals surface area contributed by atoms with Crippen LogP contribution in [0.4, 0.5) is 8.78 Å². The molecule has 14 heavy (non-hydrogen) atoms. The summed E-state index contributed by atoms with van der Waals surface area (Å²) in [6.45, 7) is 0.0120. The summed E-state index contributed by atoms with van der Waals surface area (Å²) >= 11 is 0. The summed E-state index contributed by atoms with van der Waals surface area (Å²) in [6.07, 6.45) is 2.75. The first-order valence-corrected chi connectivity index (χ1v) is 4.74. The fourth-order valence-corrected chi connectivity index (χ4v) is 1.97. The number of halogens is 2. The summed E-state index contributed by atoms with van der Waals surface area (Å²) in [4.78, 5) is 0. The van der Waals surface area contributed by atoms with Crippen LogP contribution in [0.25, 0.3) is 0 Å². The molecule has 0 atom stereocenters. The van der Waals surface area contributed by atoms with E-state index < -0.39 is 11.6 Å². The summed E-state index contributed by atoms with van der Waals surface area (Å²) < 4.78 is 25.6. The van der Waals surface area contributed by atoms with E-state index >= 15 is 0 Å². The molecule has 1 aromatic rings. The number of aliphatic hydroxyl groups is 1. The minimum absolute atomic E-state index is 0.0120. The fourth-order valence-electron chi connectivity index (χ4n) is 1.97. The summed E-state index contributed by atoms with van der Waals surface area (Å²) in [5, 5.41) is 9.23. The Kier molecular flexibility index (Phi) is 2.27. The lowest BCUT2D eigenvalue weighted by molar-refractivity contribution is 0.120. The maximum atomic E-state index is 12.9. The molecule has 1 fully saturated rings. The van der Waals surface area contributed by atoms with Gasteiger partial charge in [-0.15, -0.1) is 0 Å². The minimum Gasteiger partial charge on any atom is -0.395 e. The quantitative estimate of drug-likeness (QED) is 0.773. The van der Waals surface area contributed by atoms with Crippen LogP contribution in [0.15, 0.2) is 18.2 Å². The highest BCUT2D eigenvalue weighted by Gasteiger charge is 2.38. The molecule has 1 aromatic carbocycles. The number of hydrogen-bond donors (Lipinski definition) is 1. The Balaban J connectivity index is 2.36. The molecule has 3 heteroatoms. The molecule has 0 heterocycles. The van der Waals surface area contributed by atoms with Crippen molar-refractivity contribution in [3.05, 3.63) is 35.4 Å². The lowest BCUT2D eigenvalue weighted by atomic mass is 9.65. The Morgan fingerprint density at radius 1 is 1.21 bits per heavy atom. The van der Waals surface area contributed by atoms with E-state index in [2.05, 4.69) is 0 Å². The van der Waals surface area contributed by atoms with Gasteiger partial charge in [0.15, 0.2) is 11.6 Å². The van der Waals surface area contributed by atoms with Crippen molar-refractivity contribution in [1.29, 1.82) is 0 Å². The van der Waals surface area contributed by atoms with Crippen molar-refractivity contribution in [1.82, 2.24) is 0 Å². The van der Waals surface area contributed by atoms with Crippen LogP contribution in [-0.4, -0.2) is 11.7 Å². The van der Waals surface area contributed by atoms with Crippen LogP contribution in [-0.2, 0) is 5.41 Å². The molecule has 1 N–H and O–H groups in total. The van der Waals surface area contributed by atoms with Gasteiger partial charge in [-0.1, -0.05) is 12.5 Å². The predicted octanol–water partition coefficient (Wildman–Crippen LogP) is 2.38. The van der Waals surface area contributed by atoms with E-state index in [-0.39, 0.29) is 12.0 Å². The van der Waals surface area contributed by atoms with Crippen LogP contribution >= 0.6 is 0 Å². The second-order valence-corrected chi connectivity index (χ2v) is 3.92. The van der Waals surface area contributed by atoms with Crippen molar-refractivity contribution < 1.29 is 13.9 Å². The van der Waals surface area contributed by atoms with Gasteiger partial charge in [-0.3, -0.25) is 0 Å². The standard InChI is InChI=1S/C11H12F2O/c12-9-3-2-8(6-10(9)13)11(7-14)4-1-5-11/h2-3,6,14H,1,4-5,7H2. The van der Waals surface area contributed by atoms with Crippen LogP contribution < -0.4 is 0 Å². The van der Waals surface area contributed by atoms with Gasteiger partial charge in [-0.25, -0.2) is 8.78 Å². The van der Waals surface area contributed by atoms with Gasteiger partial charge >= 0.3 is 0 Å². The zero-order valence-electron chi connectivity index (χ0n) is 7.76. The molecule has 0 radical (unpaired) electrons. The van der Waals surface area contributed by atoms with E-state index in [1.54, 1.807) is 6.07 Å². The molecule has 0 aromatic heterocycles. The Labute approximate surface area is 81.4 Å². The van der Waals surface area contributed by atoms with E-state index in [4.69, 9.17) is 0 Å². The molecule has 2 rings (SSSR count). The first-order chi connectivity index (χ1) is 6.68. The molecule has 0 saturated heterocycles. The third kappa shape index (κ3) is 1.32. The van der Waals surface area contributed by atoms with Crippen molar-refractivity contribution in [3.8, 4) is 0 Å². The second kappa shape index (κ2) is 3.31. The van der Waals surface area contributed by atoms with Crippen molar-refractivity contribution in [2.75, 3.05) is 6.61 Å². The van der Waals surface area contributed by atoms with Crippen molar-refractivity contribution in [2.24, 2.45) is 0 Å². The van der Waals surface area contributed by atoms with Gasteiger partial charge in [0, 0.05) is 5.41 Å². The Morgan fingerprint density at radius 3 is 2.36 bits per heavy atom. The molecule has 1 nitrogen and oxygen atoms in total. The number of rotatable bonds is 2. The van der Waals surface area contributed by atoms with Crippen LogP contribution in [0.2, 0.25) is 0 Å². The average molecular weight is 198 g/mol. The molecular formula is C11H12F2O. The van der Waals surface area contributed by atoms with Crippen LogP contribution in [0.3, 0.4) is 0 Å². The molecule has 0 amide bonds. The molecule has 0 bridgehead atoms. The third-order valence-corrected chi connectivity index (χ3v) is 3.15. The highest BCUT2D eigenvalue weighted by molar-refractivity contribution is 5.29. The minimum atomic E-state index is -0.832. The highest BCUT2D eigenvalue weighted by atomic mass is 19.2. The number of hydrogen-bond acceptors (Lipinski definition) is 1. The maximum Gasteiger partial charge on any atom is 0.159 e. The SMILES string of the molecule is OCC1(c2ccc(F)c(F)c2)CCC1. The van der Waals surface area contributed by atoms with Gasteiger partial charge in [-0.05, 0) is 30.5 Å². The number of benzene rings is 1. The Hall–Kier alpha value is -0.960. The lowest BCUT2D eigenvalue weighted by Gasteiger charge is -2.40. The molecule has 0 spiro atoms. The lowest BCUT2D eigenvalue weighted by Crippen LogP contribution is -2.38. The fraction of sp³-hybridized carbons (Fsp3) is 0.455. The first-order valence-electron chi connectivity index (χ1n) is 4.74. The molecular weight excluding hydrogens is 186 g/mol. The molecule has 76 valence electrons. The first kappa shape index (κ1) is 9.59. The molecule has 1 aliphatic carbocycles. The van der Waals surface area contributed by atoms with E-state index in [0.29, 0.717) is 5.56 Å². The maximum absolute atomic E-state index is 12.9. The number of aliphatic hydroxyl groups excluding tert-OH is 1. The Bertz CT molecular complexity index is 340. The van der Waals surface area contributed by atoms with E-state index in [9.17, 15) is 13.9 Å². The van der Waals surface area contributed by atoms with Crippen molar-refractivity contribution in [2.45, 2.75) is 24.7 Å². The summed E-state index contributed by atoms with van der Waals surface area (Å²) in [6, 6.07) is 3.89. The van der Waals surface area contributed by atoms with Crippen LogP contribution in [0.5, 0.6) is 0 Å². The van der Waals surface area contributed by atoms with Gasteiger partial charge in [0.05, 0.1) is 6.61 Å².